The highest BCUT2D eigenvalue weighted by atomic mass is 32.2. The molecule has 26 heavy (non-hydrogen) atoms. The number of nitrogens with zero attached hydrogens (tertiary/aromatic N) is 1. The molecule has 0 aromatic heterocycles. The van der Waals surface area contributed by atoms with Gasteiger partial charge in [0.15, 0.2) is 0 Å². The monoisotopic (exact) mass is 390 g/mol. The fourth-order valence-corrected chi connectivity index (χ4v) is 3.71. The van der Waals surface area contributed by atoms with Gasteiger partial charge in [0.1, 0.15) is 16.8 Å². The van der Waals surface area contributed by atoms with Crippen LogP contribution in [0.25, 0.3) is 0 Å². The van der Waals surface area contributed by atoms with Gasteiger partial charge in [-0.05, 0) is 18.1 Å². The standard InChI is InChI=1S/C17H27FN2O5S/c1-13(2)16(17(21)20(9-11-24-3)10-12-25-4)19-26(22,23)15-8-6-5-7-14(15)18/h5-8,13,16,19H,9-12H2,1-4H3/t16-/m0/s1. The van der Waals surface area contributed by atoms with E-state index in [0.717, 1.165) is 12.1 Å². The molecule has 1 atom stereocenters. The molecular formula is C17H27FN2O5S. The Hall–Kier alpha value is -1.55. The molecule has 0 aliphatic carbocycles. The van der Waals surface area contributed by atoms with Gasteiger partial charge in [0.2, 0.25) is 15.9 Å². The maximum atomic E-state index is 13.9. The first-order valence-corrected chi connectivity index (χ1v) is 9.76. The summed E-state index contributed by atoms with van der Waals surface area (Å²) in [6, 6.07) is 4.01. The quantitative estimate of drug-likeness (QED) is 0.615. The van der Waals surface area contributed by atoms with E-state index in [9.17, 15) is 17.6 Å². The minimum absolute atomic E-state index is 0.295. The molecule has 1 rings (SSSR count). The largest absolute Gasteiger partial charge is 0.383 e. The van der Waals surface area contributed by atoms with Crippen LogP contribution in [-0.4, -0.2) is 65.8 Å². The van der Waals surface area contributed by atoms with Gasteiger partial charge >= 0.3 is 0 Å². The number of methoxy groups -OCH3 is 2. The molecule has 0 spiro atoms. The SMILES string of the molecule is COCCN(CCOC)C(=O)[C@@H](NS(=O)(=O)c1ccccc1F)C(C)C. The second kappa shape index (κ2) is 10.6. The van der Waals surface area contributed by atoms with Gasteiger partial charge in [-0.25, -0.2) is 12.8 Å². The van der Waals surface area contributed by atoms with Crippen molar-refractivity contribution in [1.82, 2.24) is 9.62 Å². The van der Waals surface area contributed by atoms with Crippen LogP contribution in [0.15, 0.2) is 29.2 Å². The van der Waals surface area contributed by atoms with Crippen LogP contribution < -0.4 is 4.72 Å². The minimum Gasteiger partial charge on any atom is -0.383 e. The Kier molecular flexibility index (Phi) is 9.14. The molecule has 148 valence electrons. The molecule has 0 unspecified atom stereocenters. The summed E-state index contributed by atoms with van der Waals surface area (Å²) in [5.74, 6) is -1.61. The van der Waals surface area contributed by atoms with Gasteiger partial charge in [0.25, 0.3) is 0 Å². The summed E-state index contributed by atoms with van der Waals surface area (Å²) in [6.07, 6.45) is 0. The molecule has 1 amide bonds. The van der Waals surface area contributed by atoms with E-state index in [0.29, 0.717) is 26.3 Å². The lowest BCUT2D eigenvalue weighted by Gasteiger charge is -2.29. The zero-order valence-corrected chi connectivity index (χ0v) is 16.4. The van der Waals surface area contributed by atoms with E-state index < -0.39 is 32.7 Å². The molecule has 0 aliphatic rings. The number of hydrogen-bond donors (Lipinski definition) is 1. The molecule has 0 fully saturated rings. The first kappa shape index (κ1) is 22.5. The highest BCUT2D eigenvalue weighted by Gasteiger charge is 2.32. The first-order chi connectivity index (χ1) is 12.2. The van der Waals surface area contributed by atoms with Crippen molar-refractivity contribution >= 4 is 15.9 Å². The van der Waals surface area contributed by atoms with Gasteiger partial charge in [-0.15, -0.1) is 0 Å². The Morgan fingerprint density at radius 1 is 1.15 bits per heavy atom. The van der Waals surface area contributed by atoms with Crippen LogP contribution in [-0.2, 0) is 24.3 Å². The van der Waals surface area contributed by atoms with E-state index in [4.69, 9.17) is 9.47 Å². The van der Waals surface area contributed by atoms with Crippen molar-refractivity contribution in [3.63, 3.8) is 0 Å². The molecule has 1 aromatic rings. The Bertz CT molecular complexity index is 673. The van der Waals surface area contributed by atoms with Crippen molar-refractivity contribution in [2.75, 3.05) is 40.5 Å². The summed E-state index contributed by atoms with van der Waals surface area (Å²) in [5.41, 5.74) is 0. The van der Waals surface area contributed by atoms with Crippen LogP contribution in [0.5, 0.6) is 0 Å². The van der Waals surface area contributed by atoms with Gasteiger partial charge in [0.05, 0.1) is 13.2 Å². The Balaban J connectivity index is 3.05. The molecular weight excluding hydrogens is 363 g/mol. The average Bonchev–Trinajstić information content (AvgIpc) is 2.59. The maximum absolute atomic E-state index is 13.9. The predicted molar refractivity (Wildman–Crippen MR) is 95.7 cm³/mol. The molecule has 1 N–H and O–H groups in total. The number of rotatable bonds is 11. The Labute approximate surface area is 154 Å². The van der Waals surface area contributed by atoms with E-state index in [-0.39, 0.29) is 5.92 Å². The van der Waals surface area contributed by atoms with E-state index in [1.165, 1.54) is 31.3 Å². The van der Waals surface area contributed by atoms with Crippen molar-refractivity contribution in [1.29, 1.82) is 0 Å². The molecule has 0 radical (unpaired) electrons. The number of sulfonamides is 1. The lowest BCUT2D eigenvalue weighted by Crippen LogP contribution is -2.52. The van der Waals surface area contributed by atoms with Crippen molar-refractivity contribution in [3.8, 4) is 0 Å². The molecule has 1 aromatic carbocycles. The van der Waals surface area contributed by atoms with Crippen LogP contribution >= 0.6 is 0 Å². The van der Waals surface area contributed by atoms with E-state index in [1.54, 1.807) is 13.8 Å². The summed E-state index contributed by atoms with van der Waals surface area (Å²) in [5, 5.41) is 0. The summed E-state index contributed by atoms with van der Waals surface area (Å²) in [6.45, 7) is 4.64. The summed E-state index contributed by atoms with van der Waals surface area (Å²) in [7, 11) is -1.16. The number of hydrogen-bond acceptors (Lipinski definition) is 5. The van der Waals surface area contributed by atoms with Gasteiger partial charge in [0, 0.05) is 27.3 Å². The summed E-state index contributed by atoms with van der Waals surface area (Å²) >= 11 is 0. The van der Waals surface area contributed by atoms with E-state index in [1.807, 2.05) is 0 Å². The number of carbonyl (C=O) groups excluding carboxylic acids is 1. The summed E-state index contributed by atoms with van der Waals surface area (Å²) < 4.78 is 51.3. The highest BCUT2D eigenvalue weighted by molar-refractivity contribution is 7.89. The van der Waals surface area contributed by atoms with Crippen molar-refractivity contribution in [2.24, 2.45) is 5.92 Å². The Morgan fingerprint density at radius 3 is 2.15 bits per heavy atom. The molecule has 0 saturated heterocycles. The maximum Gasteiger partial charge on any atom is 0.244 e. The lowest BCUT2D eigenvalue weighted by atomic mass is 10.0. The smallest absolute Gasteiger partial charge is 0.244 e. The number of benzene rings is 1. The van der Waals surface area contributed by atoms with Crippen LogP contribution in [0.4, 0.5) is 4.39 Å². The van der Waals surface area contributed by atoms with E-state index in [2.05, 4.69) is 4.72 Å². The lowest BCUT2D eigenvalue weighted by molar-refractivity contribution is -0.135. The third kappa shape index (κ3) is 6.31. The fourth-order valence-electron chi connectivity index (χ4n) is 2.30. The number of carbonyl (C=O) groups is 1. The topological polar surface area (TPSA) is 84.9 Å². The van der Waals surface area contributed by atoms with Crippen LogP contribution in [0.1, 0.15) is 13.8 Å². The highest BCUT2D eigenvalue weighted by Crippen LogP contribution is 2.16. The van der Waals surface area contributed by atoms with Crippen LogP contribution in [0, 0.1) is 11.7 Å². The van der Waals surface area contributed by atoms with Gasteiger partial charge in [-0.1, -0.05) is 26.0 Å². The van der Waals surface area contributed by atoms with Gasteiger partial charge in [-0.3, -0.25) is 4.79 Å². The molecule has 7 nitrogen and oxygen atoms in total. The molecule has 9 heteroatoms. The van der Waals surface area contributed by atoms with Crippen LogP contribution in [0.2, 0.25) is 0 Å². The second-order valence-corrected chi connectivity index (χ2v) is 7.77. The predicted octanol–water partition coefficient (Wildman–Crippen LogP) is 1.25. The van der Waals surface area contributed by atoms with Gasteiger partial charge in [-0.2, -0.15) is 4.72 Å². The number of nitrogens with one attached hydrogen (secondary N) is 1. The van der Waals surface area contributed by atoms with Crippen molar-refractivity contribution in [2.45, 2.75) is 24.8 Å². The zero-order chi connectivity index (χ0) is 19.7. The zero-order valence-electron chi connectivity index (χ0n) is 15.6. The van der Waals surface area contributed by atoms with Gasteiger partial charge < -0.3 is 14.4 Å². The second-order valence-electron chi connectivity index (χ2n) is 6.08. The number of amides is 1. The fraction of sp³-hybridized carbons (Fsp3) is 0.588. The van der Waals surface area contributed by atoms with Crippen molar-refractivity contribution in [3.05, 3.63) is 30.1 Å². The first-order valence-electron chi connectivity index (χ1n) is 8.28. The molecule has 0 aliphatic heterocycles. The minimum atomic E-state index is -4.19. The third-order valence-corrected chi connectivity index (χ3v) is 5.26. The average molecular weight is 390 g/mol. The normalized spacial score (nSPS) is 13.0. The Morgan fingerprint density at radius 2 is 1.69 bits per heavy atom. The number of halogens is 1. The van der Waals surface area contributed by atoms with E-state index >= 15 is 0 Å². The molecule has 0 bridgehead atoms. The number of ether oxygens (including phenoxy) is 2. The third-order valence-electron chi connectivity index (χ3n) is 3.78. The molecule has 0 saturated carbocycles. The molecule has 0 heterocycles. The van der Waals surface area contributed by atoms with Crippen molar-refractivity contribution < 1.29 is 27.1 Å². The van der Waals surface area contributed by atoms with Crippen LogP contribution in [0.3, 0.4) is 0 Å². The summed E-state index contributed by atoms with van der Waals surface area (Å²) in [4.78, 5) is 13.9.